The van der Waals surface area contributed by atoms with E-state index in [1.54, 1.807) is 6.07 Å². The van der Waals surface area contributed by atoms with Gasteiger partial charge in [-0.05, 0) is 29.7 Å². The minimum absolute atomic E-state index is 0.0990. The molecule has 4 heteroatoms. The van der Waals surface area contributed by atoms with E-state index in [4.69, 9.17) is 5.73 Å². The van der Waals surface area contributed by atoms with E-state index >= 15 is 0 Å². The van der Waals surface area contributed by atoms with Crippen molar-refractivity contribution < 1.29 is 4.39 Å². The second kappa shape index (κ2) is 5.33. The third-order valence-electron chi connectivity index (χ3n) is 3.51. The van der Waals surface area contributed by atoms with Crippen LogP contribution in [0.1, 0.15) is 29.6 Å². The van der Waals surface area contributed by atoms with Gasteiger partial charge in [0.25, 0.3) is 0 Å². The Kier molecular flexibility index (Phi) is 3.37. The Bertz CT molecular complexity index is 625. The van der Waals surface area contributed by atoms with E-state index in [9.17, 15) is 4.39 Å². The Labute approximate surface area is 117 Å². The largest absolute Gasteiger partial charge is 0.370 e. The molecule has 0 fully saturated rings. The smallest absolute Gasteiger partial charge is 0.189 e. The predicted molar refractivity (Wildman–Crippen MR) is 77.7 cm³/mol. The first-order valence-electron chi connectivity index (χ1n) is 6.62. The monoisotopic (exact) mass is 269 g/mol. The standard InChI is InChI=1S/C16H16FN3/c17-13-8-4-7-12(9-13)15-10-14(19-16(18)20-15)11-5-2-1-3-6-11/h1-9,14-15H,10H2,(H3,18,19,20). The Hall–Kier alpha value is -2.36. The van der Waals surface area contributed by atoms with Crippen LogP contribution in [0, 0.1) is 5.82 Å². The molecule has 0 saturated carbocycles. The van der Waals surface area contributed by atoms with Gasteiger partial charge >= 0.3 is 0 Å². The molecule has 2 aromatic carbocycles. The van der Waals surface area contributed by atoms with Crippen molar-refractivity contribution in [2.45, 2.75) is 18.5 Å². The van der Waals surface area contributed by atoms with Crippen LogP contribution < -0.4 is 11.1 Å². The summed E-state index contributed by atoms with van der Waals surface area (Å²) in [5.74, 6) is 0.158. The average Bonchev–Trinajstić information content (AvgIpc) is 2.47. The molecule has 2 atom stereocenters. The molecule has 0 aliphatic carbocycles. The number of halogens is 1. The molecule has 102 valence electrons. The first-order chi connectivity index (χ1) is 9.72. The van der Waals surface area contributed by atoms with Crippen LogP contribution in [0.25, 0.3) is 0 Å². The summed E-state index contributed by atoms with van der Waals surface area (Å²) < 4.78 is 13.3. The lowest BCUT2D eigenvalue weighted by molar-refractivity contribution is 0.485. The molecule has 1 aliphatic rings. The summed E-state index contributed by atoms with van der Waals surface area (Å²) in [5, 5.41) is 3.18. The number of nitrogens with zero attached hydrogens (tertiary/aromatic N) is 1. The maximum absolute atomic E-state index is 13.3. The topological polar surface area (TPSA) is 50.4 Å². The number of benzene rings is 2. The van der Waals surface area contributed by atoms with Gasteiger partial charge in [-0.25, -0.2) is 9.38 Å². The molecule has 3 nitrogen and oxygen atoms in total. The number of nitrogens with one attached hydrogen (secondary N) is 1. The lowest BCUT2D eigenvalue weighted by Gasteiger charge is -2.28. The first kappa shape index (κ1) is 12.7. The fraction of sp³-hybridized carbons (Fsp3) is 0.188. The third kappa shape index (κ3) is 2.64. The molecule has 1 aliphatic heterocycles. The van der Waals surface area contributed by atoms with Crippen molar-refractivity contribution in [2.24, 2.45) is 10.7 Å². The molecule has 2 aromatic rings. The zero-order valence-electron chi connectivity index (χ0n) is 11.0. The van der Waals surface area contributed by atoms with Gasteiger partial charge < -0.3 is 11.1 Å². The van der Waals surface area contributed by atoms with Gasteiger partial charge in [0.15, 0.2) is 5.96 Å². The maximum atomic E-state index is 13.3. The first-order valence-corrected chi connectivity index (χ1v) is 6.62. The zero-order chi connectivity index (χ0) is 13.9. The average molecular weight is 269 g/mol. The Morgan fingerprint density at radius 1 is 1.05 bits per heavy atom. The second-order valence-electron chi connectivity index (χ2n) is 4.93. The Morgan fingerprint density at radius 2 is 1.80 bits per heavy atom. The van der Waals surface area contributed by atoms with Gasteiger partial charge in [-0.15, -0.1) is 0 Å². The molecule has 3 rings (SSSR count). The fourth-order valence-corrected chi connectivity index (χ4v) is 2.55. The van der Waals surface area contributed by atoms with Gasteiger partial charge in [-0.2, -0.15) is 0 Å². The molecule has 0 radical (unpaired) electrons. The van der Waals surface area contributed by atoms with E-state index in [0.29, 0.717) is 5.96 Å². The van der Waals surface area contributed by atoms with Crippen LogP contribution >= 0.6 is 0 Å². The van der Waals surface area contributed by atoms with E-state index in [1.165, 1.54) is 12.1 Å². The van der Waals surface area contributed by atoms with Crippen molar-refractivity contribution in [1.82, 2.24) is 5.32 Å². The van der Waals surface area contributed by atoms with Gasteiger partial charge in [-0.1, -0.05) is 42.5 Å². The number of rotatable bonds is 2. The number of aliphatic imine (C=N–C) groups is 1. The zero-order valence-corrected chi connectivity index (χ0v) is 11.0. The number of hydrogen-bond acceptors (Lipinski definition) is 3. The van der Waals surface area contributed by atoms with Crippen LogP contribution in [0.2, 0.25) is 0 Å². The summed E-state index contributed by atoms with van der Waals surface area (Å²) in [6, 6.07) is 16.6. The minimum Gasteiger partial charge on any atom is -0.370 e. The highest BCUT2D eigenvalue weighted by molar-refractivity contribution is 5.79. The molecule has 0 saturated heterocycles. The summed E-state index contributed by atoms with van der Waals surface area (Å²) in [6.45, 7) is 0. The molecule has 3 N–H and O–H groups in total. The van der Waals surface area contributed by atoms with Crippen molar-refractivity contribution in [1.29, 1.82) is 0 Å². The molecular weight excluding hydrogens is 253 g/mol. The highest BCUT2D eigenvalue weighted by Gasteiger charge is 2.24. The number of guanidine groups is 1. The lowest BCUT2D eigenvalue weighted by Crippen LogP contribution is -2.39. The van der Waals surface area contributed by atoms with Gasteiger partial charge in [0, 0.05) is 0 Å². The van der Waals surface area contributed by atoms with Crippen molar-refractivity contribution >= 4 is 5.96 Å². The summed E-state index contributed by atoms with van der Waals surface area (Å²) in [6.07, 6.45) is 0.758. The van der Waals surface area contributed by atoms with E-state index in [0.717, 1.165) is 17.5 Å². The second-order valence-corrected chi connectivity index (χ2v) is 4.93. The van der Waals surface area contributed by atoms with Crippen LogP contribution in [0.5, 0.6) is 0 Å². The van der Waals surface area contributed by atoms with Gasteiger partial charge in [0.1, 0.15) is 5.82 Å². The summed E-state index contributed by atoms with van der Waals surface area (Å²) in [5.41, 5.74) is 7.89. The van der Waals surface area contributed by atoms with Gasteiger partial charge in [0.05, 0.1) is 12.1 Å². The normalized spacial score (nSPS) is 21.9. The molecule has 0 spiro atoms. The highest BCUT2D eigenvalue weighted by atomic mass is 19.1. The van der Waals surface area contributed by atoms with Crippen LogP contribution in [0.3, 0.4) is 0 Å². The predicted octanol–water partition coefficient (Wildman–Crippen LogP) is 2.92. The molecule has 0 amide bonds. The van der Waals surface area contributed by atoms with E-state index in [1.807, 2.05) is 24.3 Å². The van der Waals surface area contributed by atoms with Crippen LogP contribution in [-0.4, -0.2) is 5.96 Å². The Balaban J connectivity index is 1.88. The quantitative estimate of drug-likeness (QED) is 0.880. The number of hydrogen-bond donors (Lipinski definition) is 2. The summed E-state index contributed by atoms with van der Waals surface area (Å²) >= 11 is 0. The van der Waals surface area contributed by atoms with Crippen LogP contribution in [-0.2, 0) is 0 Å². The molecule has 0 bridgehead atoms. The van der Waals surface area contributed by atoms with Gasteiger partial charge in [-0.3, -0.25) is 0 Å². The van der Waals surface area contributed by atoms with Crippen LogP contribution in [0.15, 0.2) is 59.6 Å². The lowest BCUT2D eigenvalue weighted by atomic mass is 9.94. The van der Waals surface area contributed by atoms with E-state index < -0.39 is 0 Å². The molecule has 2 unspecified atom stereocenters. The van der Waals surface area contributed by atoms with E-state index in [2.05, 4.69) is 22.4 Å². The molecule has 0 aromatic heterocycles. The molecular formula is C16H16FN3. The SMILES string of the molecule is NC1=NC(c2cccc(F)c2)CC(c2ccccc2)N1. The van der Waals surface area contributed by atoms with Crippen molar-refractivity contribution in [3.63, 3.8) is 0 Å². The summed E-state index contributed by atoms with van der Waals surface area (Å²) in [7, 11) is 0. The molecule has 1 heterocycles. The fourth-order valence-electron chi connectivity index (χ4n) is 2.55. The number of nitrogens with two attached hydrogens (primary N) is 1. The third-order valence-corrected chi connectivity index (χ3v) is 3.51. The van der Waals surface area contributed by atoms with Crippen LogP contribution in [0.4, 0.5) is 4.39 Å². The highest BCUT2D eigenvalue weighted by Crippen LogP contribution is 2.32. The molecule has 20 heavy (non-hydrogen) atoms. The maximum Gasteiger partial charge on any atom is 0.189 e. The summed E-state index contributed by atoms with van der Waals surface area (Å²) in [4.78, 5) is 4.39. The van der Waals surface area contributed by atoms with Gasteiger partial charge in [0.2, 0.25) is 0 Å². The minimum atomic E-state index is -0.244. The van der Waals surface area contributed by atoms with Crippen molar-refractivity contribution in [2.75, 3.05) is 0 Å². The van der Waals surface area contributed by atoms with Crippen molar-refractivity contribution in [3.8, 4) is 0 Å². The van der Waals surface area contributed by atoms with E-state index in [-0.39, 0.29) is 17.9 Å². The van der Waals surface area contributed by atoms with Crippen molar-refractivity contribution in [3.05, 3.63) is 71.5 Å². The Morgan fingerprint density at radius 3 is 2.55 bits per heavy atom.